The smallest absolute Gasteiger partial charge is 0.465 e. The number of carbonyl (C=O) groups is 2. The number of benzene rings is 2. The maximum Gasteiger partial charge on any atom is 0.491 e. The number of aromatic nitrogens is 2. The van der Waals surface area contributed by atoms with Gasteiger partial charge in [-0.25, -0.2) is 14.4 Å². The van der Waals surface area contributed by atoms with E-state index in [0.717, 1.165) is 41.3 Å². The molecule has 0 radical (unpaired) electrons. The van der Waals surface area contributed by atoms with Crippen molar-refractivity contribution in [3.8, 4) is 11.6 Å². The maximum absolute atomic E-state index is 13.5. The van der Waals surface area contributed by atoms with E-state index in [4.69, 9.17) is 4.74 Å². The molecule has 2 aromatic carbocycles. The van der Waals surface area contributed by atoms with Crippen molar-refractivity contribution in [3.63, 3.8) is 0 Å². The summed E-state index contributed by atoms with van der Waals surface area (Å²) >= 11 is 0. The Labute approximate surface area is 198 Å². The molecule has 0 spiro atoms. The molecule has 2 heterocycles. The number of piperidine rings is 1. The molecule has 0 unspecified atom stereocenters. The van der Waals surface area contributed by atoms with Gasteiger partial charge in [0, 0.05) is 11.9 Å². The maximum atomic E-state index is 13.5. The average molecular weight is 491 g/mol. The Morgan fingerprint density at radius 3 is 2.51 bits per heavy atom. The number of alkyl halides is 3. The van der Waals surface area contributed by atoms with E-state index in [1.165, 1.54) is 13.2 Å². The normalized spacial score (nSPS) is 14.7. The second-order valence-corrected chi connectivity index (χ2v) is 8.32. The second kappa shape index (κ2) is 9.95. The molecule has 0 atom stereocenters. The molecule has 1 N–H and O–H groups in total. The molecule has 4 rings (SSSR count). The molecule has 1 aliphatic heterocycles. The zero-order valence-electron chi connectivity index (χ0n) is 18.9. The van der Waals surface area contributed by atoms with E-state index in [9.17, 15) is 27.6 Å². The van der Waals surface area contributed by atoms with Crippen molar-refractivity contribution in [1.29, 1.82) is 0 Å². The van der Waals surface area contributed by atoms with Gasteiger partial charge in [-0.15, -0.1) is 0 Å². The van der Waals surface area contributed by atoms with Gasteiger partial charge in [0.25, 0.3) is 0 Å². The molecule has 3 aromatic rings. The Kier molecular flexibility index (Phi) is 6.97. The molecule has 0 amide bonds. The number of ether oxygens (including phenoxy) is 2. The minimum absolute atomic E-state index is 0.0394. The van der Waals surface area contributed by atoms with Crippen molar-refractivity contribution in [2.75, 3.05) is 20.2 Å². The van der Waals surface area contributed by atoms with E-state index in [0.29, 0.717) is 17.2 Å². The highest BCUT2D eigenvalue weighted by atomic mass is 19.4. The predicted molar refractivity (Wildman–Crippen MR) is 121 cm³/mol. The average Bonchev–Trinajstić information content (AvgIpc) is 3.15. The van der Waals surface area contributed by atoms with Gasteiger partial charge in [-0.2, -0.15) is 13.2 Å². The van der Waals surface area contributed by atoms with Crippen LogP contribution in [0.5, 0.6) is 5.88 Å². The lowest BCUT2D eigenvalue weighted by atomic mass is 9.95. The molecular weight excluding hydrogens is 467 g/mol. The first-order chi connectivity index (χ1) is 16.7. The third-order valence-corrected chi connectivity index (χ3v) is 6.14. The molecule has 8 nitrogen and oxygen atoms in total. The Bertz CT molecular complexity index is 1310. The third-order valence-electron chi connectivity index (χ3n) is 6.14. The number of hydrogen-bond donors (Lipinski definition) is 1. The van der Waals surface area contributed by atoms with Crippen LogP contribution < -0.4 is 15.7 Å². The fraction of sp³-hybridized carbons (Fsp3) is 0.375. The number of nitrogens with zero attached hydrogens (tertiary/aromatic N) is 2. The molecular formula is C24H24F3N3O5. The molecule has 0 bridgehead atoms. The Hall–Kier alpha value is -3.60. The highest BCUT2D eigenvalue weighted by Crippen LogP contribution is 2.29. The van der Waals surface area contributed by atoms with Gasteiger partial charge >= 0.3 is 23.8 Å². The van der Waals surface area contributed by atoms with Crippen molar-refractivity contribution in [1.82, 2.24) is 14.5 Å². The first-order valence-corrected chi connectivity index (χ1v) is 11.1. The van der Waals surface area contributed by atoms with E-state index in [2.05, 4.69) is 10.1 Å². The summed E-state index contributed by atoms with van der Waals surface area (Å²) in [5, 5.41) is 4.43. The van der Waals surface area contributed by atoms with Crippen molar-refractivity contribution in [2.45, 2.75) is 32.0 Å². The summed E-state index contributed by atoms with van der Waals surface area (Å²) in [5.41, 5.74) is -0.562. The molecule has 1 saturated heterocycles. The number of rotatable bonds is 6. The van der Waals surface area contributed by atoms with Crippen LogP contribution in [0.4, 0.5) is 13.2 Å². The van der Waals surface area contributed by atoms with E-state index in [1.807, 2.05) is 0 Å². The monoisotopic (exact) mass is 491 g/mol. The molecule has 0 saturated carbocycles. The van der Waals surface area contributed by atoms with Crippen LogP contribution in [0, 0.1) is 5.92 Å². The Balaban J connectivity index is 1.85. The van der Waals surface area contributed by atoms with Crippen LogP contribution in [0.1, 0.15) is 29.6 Å². The zero-order chi connectivity index (χ0) is 25.2. The topological polar surface area (TPSA) is 91.6 Å². The molecule has 35 heavy (non-hydrogen) atoms. The fourth-order valence-corrected chi connectivity index (χ4v) is 4.33. The van der Waals surface area contributed by atoms with Gasteiger partial charge in [0.05, 0.1) is 24.6 Å². The van der Waals surface area contributed by atoms with Crippen LogP contribution in [-0.2, 0) is 16.1 Å². The fourth-order valence-electron chi connectivity index (χ4n) is 4.33. The zero-order valence-corrected chi connectivity index (χ0v) is 18.9. The van der Waals surface area contributed by atoms with Crippen LogP contribution >= 0.6 is 0 Å². The van der Waals surface area contributed by atoms with Gasteiger partial charge in [0.2, 0.25) is 5.88 Å². The predicted octanol–water partition coefficient (Wildman–Crippen LogP) is 3.44. The van der Waals surface area contributed by atoms with Crippen molar-refractivity contribution in [2.24, 2.45) is 5.92 Å². The standard InChI is InChI=1S/C24H24F3N3O5/c1-34-21(31)18-7-6-16-4-2-3-5-17(16)20(18)30-14-19(35-22(32)24(25,26)27)29(23(30)33)13-10-15-8-11-28-12-9-15/h2-7,14-15,28H,8-13H2,1H3. The largest absolute Gasteiger partial charge is 0.491 e. The van der Waals surface area contributed by atoms with Gasteiger partial charge in [-0.3, -0.25) is 9.13 Å². The van der Waals surface area contributed by atoms with Crippen LogP contribution in [-0.4, -0.2) is 47.4 Å². The first kappa shape index (κ1) is 24.5. The summed E-state index contributed by atoms with van der Waals surface area (Å²) in [5.74, 6) is -3.44. The van der Waals surface area contributed by atoms with Crippen LogP contribution in [0.15, 0.2) is 47.4 Å². The van der Waals surface area contributed by atoms with Crippen molar-refractivity contribution in [3.05, 3.63) is 58.6 Å². The number of methoxy groups -OCH3 is 1. The second-order valence-electron chi connectivity index (χ2n) is 8.32. The number of imidazole rings is 1. The molecule has 1 fully saturated rings. The summed E-state index contributed by atoms with van der Waals surface area (Å²) in [6.45, 7) is 1.68. The van der Waals surface area contributed by atoms with E-state index >= 15 is 0 Å². The number of halogens is 3. The molecule has 11 heteroatoms. The summed E-state index contributed by atoms with van der Waals surface area (Å²) in [4.78, 5) is 37.6. The lowest BCUT2D eigenvalue weighted by Crippen LogP contribution is -2.31. The number of carbonyl (C=O) groups excluding carboxylic acids is 2. The summed E-state index contributed by atoms with van der Waals surface area (Å²) in [7, 11) is 1.19. The van der Waals surface area contributed by atoms with Crippen LogP contribution in [0.3, 0.4) is 0 Å². The van der Waals surface area contributed by atoms with Gasteiger partial charge in [-0.1, -0.05) is 30.3 Å². The summed E-state index contributed by atoms with van der Waals surface area (Å²) in [6.07, 6.45) is -1.98. The molecule has 1 aromatic heterocycles. The minimum Gasteiger partial charge on any atom is -0.465 e. The van der Waals surface area contributed by atoms with Crippen molar-refractivity contribution >= 4 is 22.7 Å². The number of nitrogens with one attached hydrogen (secondary N) is 1. The minimum atomic E-state index is -5.24. The van der Waals surface area contributed by atoms with E-state index in [-0.39, 0.29) is 23.7 Å². The lowest BCUT2D eigenvalue weighted by Gasteiger charge is -2.22. The first-order valence-electron chi connectivity index (χ1n) is 11.1. The number of fused-ring (bicyclic) bond motifs is 1. The molecule has 0 aliphatic carbocycles. The lowest BCUT2D eigenvalue weighted by molar-refractivity contribution is -0.190. The van der Waals surface area contributed by atoms with Crippen LogP contribution in [0.25, 0.3) is 16.5 Å². The summed E-state index contributed by atoms with van der Waals surface area (Å²) < 4.78 is 50.4. The third kappa shape index (κ3) is 5.09. The van der Waals surface area contributed by atoms with E-state index in [1.54, 1.807) is 30.3 Å². The van der Waals surface area contributed by atoms with Gasteiger partial charge in [0.15, 0.2) is 0 Å². The molecule has 1 aliphatic rings. The Morgan fingerprint density at radius 1 is 1.11 bits per heavy atom. The van der Waals surface area contributed by atoms with Crippen LogP contribution in [0.2, 0.25) is 0 Å². The molecule has 186 valence electrons. The van der Waals surface area contributed by atoms with Gasteiger partial charge < -0.3 is 14.8 Å². The number of hydrogen-bond acceptors (Lipinski definition) is 6. The number of esters is 2. The quantitative estimate of drug-likeness (QED) is 0.532. The highest BCUT2D eigenvalue weighted by Gasteiger charge is 2.42. The van der Waals surface area contributed by atoms with E-state index < -0.39 is 29.7 Å². The van der Waals surface area contributed by atoms with Gasteiger partial charge in [0.1, 0.15) is 0 Å². The SMILES string of the molecule is COC(=O)c1ccc2ccccc2c1-n1cc(OC(=O)C(F)(F)F)n(CCC2CCNCC2)c1=O. The summed E-state index contributed by atoms with van der Waals surface area (Å²) in [6, 6.07) is 10.1. The van der Waals surface area contributed by atoms with Crippen molar-refractivity contribution < 1.29 is 32.2 Å². The highest BCUT2D eigenvalue weighted by molar-refractivity contribution is 6.03. The van der Waals surface area contributed by atoms with Gasteiger partial charge in [-0.05, 0) is 49.7 Å². The Morgan fingerprint density at radius 2 is 1.83 bits per heavy atom.